The van der Waals surface area contributed by atoms with E-state index in [1.807, 2.05) is 18.2 Å². The van der Waals surface area contributed by atoms with E-state index in [-0.39, 0.29) is 6.54 Å². The summed E-state index contributed by atoms with van der Waals surface area (Å²) >= 11 is 0. The molecular weight excluding hydrogens is 206 g/mol. The van der Waals surface area contributed by atoms with Gasteiger partial charge >= 0.3 is 5.97 Å². The number of aromatic nitrogens is 3. The lowest BCUT2D eigenvalue weighted by Crippen LogP contribution is -2.11. The molecule has 0 fully saturated rings. The molecule has 2 rings (SSSR count). The molecule has 0 aromatic carbocycles. The summed E-state index contributed by atoms with van der Waals surface area (Å²) in [5.74, 6) is -0.165. The maximum Gasteiger partial charge on any atom is 0.323 e. The summed E-state index contributed by atoms with van der Waals surface area (Å²) < 4.78 is 1.61. The van der Waals surface area contributed by atoms with Crippen LogP contribution in [0.2, 0.25) is 0 Å². The monoisotopic (exact) mass is 217 g/mol. The minimum atomic E-state index is -0.875. The van der Waals surface area contributed by atoms with Crippen LogP contribution in [0.15, 0.2) is 36.8 Å². The molecule has 2 aromatic heterocycles. The number of carbonyl (C=O) groups is 1. The van der Waals surface area contributed by atoms with Crippen molar-refractivity contribution in [1.29, 1.82) is 0 Å². The number of hydrogen-bond donors (Lipinski definition) is 1. The second kappa shape index (κ2) is 4.57. The van der Waals surface area contributed by atoms with E-state index in [1.54, 1.807) is 23.2 Å². The van der Waals surface area contributed by atoms with Gasteiger partial charge in [-0.2, -0.15) is 0 Å². The van der Waals surface area contributed by atoms with Gasteiger partial charge in [0.05, 0.1) is 0 Å². The van der Waals surface area contributed by atoms with Crippen molar-refractivity contribution in [3.05, 3.63) is 48.3 Å². The Balaban J connectivity index is 2.16. The van der Waals surface area contributed by atoms with E-state index >= 15 is 0 Å². The Morgan fingerprint density at radius 2 is 2.19 bits per heavy atom. The lowest BCUT2D eigenvalue weighted by Gasteiger charge is -2.04. The van der Waals surface area contributed by atoms with Gasteiger partial charge in [-0.1, -0.05) is 6.07 Å². The molecule has 0 spiro atoms. The smallest absolute Gasteiger partial charge is 0.323 e. The number of pyridine rings is 1. The van der Waals surface area contributed by atoms with E-state index in [9.17, 15) is 4.79 Å². The molecule has 0 radical (unpaired) electrons. The van der Waals surface area contributed by atoms with Gasteiger partial charge in [0.2, 0.25) is 0 Å². The highest BCUT2D eigenvalue weighted by molar-refractivity contribution is 5.66. The Kier molecular flexibility index (Phi) is 2.95. The van der Waals surface area contributed by atoms with Crippen molar-refractivity contribution in [2.24, 2.45) is 0 Å². The van der Waals surface area contributed by atoms with Crippen molar-refractivity contribution < 1.29 is 9.90 Å². The Hall–Kier alpha value is -2.17. The maximum absolute atomic E-state index is 10.6. The number of nitrogens with zero attached hydrogens (tertiary/aromatic N) is 3. The summed E-state index contributed by atoms with van der Waals surface area (Å²) in [7, 11) is 0. The maximum atomic E-state index is 10.6. The van der Waals surface area contributed by atoms with Crippen LogP contribution in [0.4, 0.5) is 0 Å². The largest absolute Gasteiger partial charge is 0.480 e. The minimum Gasteiger partial charge on any atom is -0.480 e. The van der Waals surface area contributed by atoms with Crippen molar-refractivity contribution in [3.63, 3.8) is 0 Å². The van der Waals surface area contributed by atoms with Gasteiger partial charge in [0.1, 0.15) is 12.4 Å². The first-order valence-electron chi connectivity index (χ1n) is 4.87. The molecule has 2 heterocycles. The zero-order chi connectivity index (χ0) is 11.4. The Morgan fingerprint density at radius 1 is 1.31 bits per heavy atom. The molecule has 5 nitrogen and oxygen atoms in total. The zero-order valence-electron chi connectivity index (χ0n) is 8.58. The fourth-order valence-corrected chi connectivity index (χ4v) is 1.46. The SMILES string of the molecule is O=C(O)Cn1ccnc1Cc1ccccn1. The first-order chi connectivity index (χ1) is 7.75. The van der Waals surface area contributed by atoms with Crippen LogP contribution in [0.1, 0.15) is 11.5 Å². The Bertz CT molecular complexity index is 479. The van der Waals surface area contributed by atoms with Crippen LogP contribution in [0.3, 0.4) is 0 Å². The van der Waals surface area contributed by atoms with Crippen molar-refractivity contribution in [2.45, 2.75) is 13.0 Å². The van der Waals surface area contributed by atoms with Gasteiger partial charge in [-0.3, -0.25) is 9.78 Å². The van der Waals surface area contributed by atoms with E-state index in [2.05, 4.69) is 9.97 Å². The Labute approximate surface area is 92.4 Å². The molecule has 0 bridgehead atoms. The average Bonchev–Trinajstić information content (AvgIpc) is 2.66. The number of hydrogen-bond acceptors (Lipinski definition) is 3. The molecule has 0 atom stereocenters. The van der Waals surface area contributed by atoms with Crippen LogP contribution in [0, 0.1) is 0 Å². The summed E-state index contributed by atoms with van der Waals surface area (Å²) in [6.45, 7) is -0.0673. The second-order valence-corrected chi connectivity index (χ2v) is 3.36. The van der Waals surface area contributed by atoms with Gasteiger partial charge < -0.3 is 9.67 Å². The number of aliphatic carboxylic acids is 1. The number of carboxylic acids is 1. The molecule has 0 aliphatic rings. The third kappa shape index (κ3) is 2.44. The van der Waals surface area contributed by atoms with Crippen LogP contribution in [0.5, 0.6) is 0 Å². The zero-order valence-corrected chi connectivity index (χ0v) is 8.58. The number of rotatable bonds is 4. The van der Waals surface area contributed by atoms with E-state index < -0.39 is 5.97 Å². The normalized spacial score (nSPS) is 10.2. The third-order valence-corrected chi connectivity index (χ3v) is 2.17. The minimum absolute atomic E-state index is 0.0673. The first kappa shape index (κ1) is 10.4. The van der Waals surface area contributed by atoms with Crippen LogP contribution in [-0.4, -0.2) is 25.6 Å². The average molecular weight is 217 g/mol. The second-order valence-electron chi connectivity index (χ2n) is 3.36. The summed E-state index contributed by atoms with van der Waals surface area (Å²) in [5.41, 5.74) is 0.875. The van der Waals surface area contributed by atoms with E-state index in [4.69, 9.17) is 5.11 Å². The van der Waals surface area contributed by atoms with E-state index in [0.717, 1.165) is 5.69 Å². The van der Waals surface area contributed by atoms with Gasteiger partial charge in [0.15, 0.2) is 0 Å². The van der Waals surface area contributed by atoms with Crippen molar-refractivity contribution in [2.75, 3.05) is 0 Å². The fraction of sp³-hybridized carbons (Fsp3) is 0.182. The van der Waals surface area contributed by atoms with E-state index in [1.165, 1.54) is 0 Å². The van der Waals surface area contributed by atoms with Crippen molar-refractivity contribution >= 4 is 5.97 Å². The lowest BCUT2D eigenvalue weighted by atomic mass is 10.2. The van der Waals surface area contributed by atoms with E-state index in [0.29, 0.717) is 12.2 Å². The summed E-state index contributed by atoms with van der Waals surface area (Å²) in [5, 5.41) is 8.71. The summed E-state index contributed by atoms with van der Waals surface area (Å²) in [6, 6.07) is 5.62. The van der Waals surface area contributed by atoms with Gasteiger partial charge in [-0.25, -0.2) is 4.98 Å². The van der Waals surface area contributed by atoms with Gasteiger partial charge in [0.25, 0.3) is 0 Å². The molecular formula is C11H11N3O2. The molecule has 0 aliphatic carbocycles. The van der Waals surface area contributed by atoms with Gasteiger partial charge in [-0.15, -0.1) is 0 Å². The fourth-order valence-electron chi connectivity index (χ4n) is 1.46. The summed E-state index contributed by atoms with van der Waals surface area (Å²) in [6.07, 6.45) is 5.51. The highest BCUT2D eigenvalue weighted by Crippen LogP contribution is 2.05. The van der Waals surface area contributed by atoms with Gasteiger partial charge in [0, 0.05) is 30.7 Å². The van der Waals surface area contributed by atoms with Gasteiger partial charge in [-0.05, 0) is 12.1 Å². The predicted octanol–water partition coefficient (Wildman–Crippen LogP) is 0.954. The van der Waals surface area contributed by atoms with Crippen molar-refractivity contribution in [1.82, 2.24) is 14.5 Å². The lowest BCUT2D eigenvalue weighted by molar-refractivity contribution is -0.137. The molecule has 0 saturated carbocycles. The molecule has 1 N–H and O–H groups in total. The Morgan fingerprint density at radius 3 is 2.88 bits per heavy atom. The summed E-state index contributed by atoms with van der Waals surface area (Å²) in [4.78, 5) is 18.9. The topological polar surface area (TPSA) is 68.0 Å². The molecule has 0 unspecified atom stereocenters. The van der Waals surface area contributed by atoms with Crippen LogP contribution >= 0.6 is 0 Å². The number of imidazole rings is 1. The van der Waals surface area contributed by atoms with Crippen LogP contribution in [-0.2, 0) is 17.8 Å². The highest BCUT2D eigenvalue weighted by atomic mass is 16.4. The molecule has 16 heavy (non-hydrogen) atoms. The molecule has 0 amide bonds. The highest BCUT2D eigenvalue weighted by Gasteiger charge is 2.07. The predicted molar refractivity (Wildman–Crippen MR) is 56.9 cm³/mol. The quantitative estimate of drug-likeness (QED) is 0.828. The number of carboxylic acid groups (broad SMARTS) is 1. The molecule has 0 aliphatic heterocycles. The molecule has 5 heteroatoms. The van der Waals surface area contributed by atoms with Crippen molar-refractivity contribution in [3.8, 4) is 0 Å². The molecule has 0 saturated heterocycles. The molecule has 82 valence electrons. The molecule has 2 aromatic rings. The third-order valence-electron chi connectivity index (χ3n) is 2.17. The van der Waals surface area contributed by atoms with Crippen LogP contribution < -0.4 is 0 Å². The van der Waals surface area contributed by atoms with Crippen LogP contribution in [0.25, 0.3) is 0 Å². The first-order valence-corrected chi connectivity index (χ1v) is 4.87. The standard InChI is InChI=1S/C11H11N3O2/c15-11(16)8-14-6-5-13-10(14)7-9-3-1-2-4-12-9/h1-6H,7-8H2,(H,15,16).